The predicted molar refractivity (Wildman–Crippen MR) is 73.2 cm³/mol. The first-order chi connectivity index (χ1) is 9.22. The summed E-state index contributed by atoms with van der Waals surface area (Å²) in [5.74, 6) is -0.375. The van der Waals surface area contributed by atoms with Crippen LogP contribution in [-0.4, -0.2) is 60.5 Å². The molecule has 19 heavy (non-hydrogen) atoms. The van der Waals surface area contributed by atoms with Gasteiger partial charge in [-0.25, -0.2) is 4.79 Å². The number of aromatic amines is 1. The standard InChI is InChI=1S/C12H18BrN3O3/c1-2-19-12(17)11-10(13)9(14-15-11)3-4-16-5-7-18-8-6-16/h2-8H2,1H3,(H,14,15). The molecule has 1 aromatic rings. The lowest BCUT2D eigenvalue weighted by Crippen LogP contribution is -2.37. The SMILES string of the molecule is CCOC(=O)c1[nH]nc(CCN2CCOCC2)c1Br. The number of ether oxygens (including phenoxy) is 2. The van der Waals surface area contributed by atoms with Gasteiger partial charge in [0.25, 0.3) is 0 Å². The first-order valence-electron chi connectivity index (χ1n) is 6.42. The van der Waals surface area contributed by atoms with Crippen LogP contribution in [0.15, 0.2) is 4.47 Å². The van der Waals surface area contributed by atoms with E-state index in [2.05, 4.69) is 31.0 Å². The average molecular weight is 332 g/mol. The zero-order valence-corrected chi connectivity index (χ0v) is 12.5. The molecule has 0 unspecified atom stereocenters. The van der Waals surface area contributed by atoms with Crippen LogP contribution in [0.3, 0.4) is 0 Å². The number of nitrogens with zero attached hydrogens (tertiary/aromatic N) is 2. The number of H-pyrrole nitrogens is 1. The highest BCUT2D eigenvalue weighted by molar-refractivity contribution is 9.10. The summed E-state index contributed by atoms with van der Waals surface area (Å²) in [6.45, 7) is 6.52. The van der Waals surface area contributed by atoms with Crippen LogP contribution in [0.25, 0.3) is 0 Å². The molecular weight excluding hydrogens is 314 g/mol. The van der Waals surface area contributed by atoms with E-state index >= 15 is 0 Å². The molecule has 0 bridgehead atoms. The Bertz CT molecular complexity index is 430. The summed E-state index contributed by atoms with van der Waals surface area (Å²) >= 11 is 3.41. The van der Waals surface area contributed by atoms with Crippen molar-refractivity contribution in [1.82, 2.24) is 15.1 Å². The number of aromatic nitrogens is 2. The minimum atomic E-state index is -0.375. The first-order valence-corrected chi connectivity index (χ1v) is 7.21. The zero-order valence-electron chi connectivity index (χ0n) is 10.9. The Morgan fingerprint density at radius 2 is 2.26 bits per heavy atom. The van der Waals surface area contributed by atoms with Crippen molar-refractivity contribution in [3.05, 3.63) is 15.9 Å². The Kier molecular flexibility index (Phi) is 5.35. The number of esters is 1. The van der Waals surface area contributed by atoms with Crippen LogP contribution < -0.4 is 0 Å². The zero-order chi connectivity index (χ0) is 13.7. The van der Waals surface area contributed by atoms with Gasteiger partial charge in [-0.3, -0.25) is 10.00 Å². The summed E-state index contributed by atoms with van der Waals surface area (Å²) in [6, 6.07) is 0. The summed E-state index contributed by atoms with van der Waals surface area (Å²) in [5, 5.41) is 6.90. The van der Waals surface area contributed by atoms with Gasteiger partial charge in [0.05, 0.1) is 30.0 Å². The second kappa shape index (κ2) is 7.02. The van der Waals surface area contributed by atoms with Crippen LogP contribution >= 0.6 is 15.9 Å². The van der Waals surface area contributed by atoms with Crippen molar-refractivity contribution >= 4 is 21.9 Å². The average Bonchev–Trinajstić information content (AvgIpc) is 2.79. The fourth-order valence-electron chi connectivity index (χ4n) is 1.96. The van der Waals surface area contributed by atoms with Crippen LogP contribution in [0.2, 0.25) is 0 Å². The van der Waals surface area contributed by atoms with Gasteiger partial charge >= 0.3 is 5.97 Å². The fraction of sp³-hybridized carbons (Fsp3) is 0.667. The van der Waals surface area contributed by atoms with Gasteiger partial charge in [0.2, 0.25) is 0 Å². The number of nitrogens with one attached hydrogen (secondary N) is 1. The highest BCUT2D eigenvalue weighted by atomic mass is 79.9. The Balaban J connectivity index is 1.91. The number of rotatable bonds is 5. The van der Waals surface area contributed by atoms with E-state index in [1.54, 1.807) is 6.92 Å². The van der Waals surface area contributed by atoms with Gasteiger partial charge in [0.15, 0.2) is 5.69 Å². The van der Waals surface area contributed by atoms with Gasteiger partial charge in [-0.2, -0.15) is 5.10 Å². The Labute approximate surface area is 120 Å². The molecule has 1 N–H and O–H groups in total. The van der Waals surface area contributed by atoms with E-state index in [-0.39, 0.29) is 5.97 Å². The lowest BCUT2D eigenvalue weighted by Gasteiger charge is -2.26. The molecular formula is C12H18BrN3O3. The lowest BCUT2D eigenvalue weighted by molar-refractivity contribution is 0.0383. The Morgan fingerprint density at radius 1 is 1.53 bits per heavy atom. The van der Waals surface area contributed by atoms with Crippen molar-refractivity contribution < 1.29 is 14.3 Å². The van der Waals surface area contributed by atoms with E-state index in [1.165, 1.54) is 0 Å². The van der Waals surface area contributed by atoms with Crippen LogP contribution in [0.4, 0.5) is 0 Å². The highest BCUT2D eigenvalue weighted by Gasteiger charge is 2.19. The van der Waals surface area contributed by atoms with Crippen molar-refractivity contribution in [3.8, 4) is 0 Å². The molecule has 1 aliphatic rings. The van der Waals surface area contributed by atoms with Crippen LogP contribution in [0, 0.1) is 0 Å². The van der Waals surface area contributed by atoms with Crippen molar-refractivity contribution in [3.63, 3.8) is 0 Å². The molecule has 0 spiro atoms. The number of hydrogen-bond acceptors (Lipinski definition) is 5. The van der Waals surface area contributed by atoms with E-state index in [4.69, 9.17) is 9.47 Å². The van der Waals surface area contributed by atoms with Crippen molar-refractivity contribution in [1.29, 1.82) is 0 Å². The van der Waals surface area contributed by atoms with Crippen molar-refractivity contribution in [2.45, 2.75) is 13.3 Å². The number of halogens is 1. The largest absolute Gasteiger partial charge is 0.461 e. The molecule has 0 radical (unpaired) electrons. The van der Waals surface area contributed by atoms with Gasteiger partial charge in [-0.05, 0) is 22.9 Å². The highest BCUT2D eigenvalue weighted by Crippen LogP contribution is 2.20. The lowest BCUT2D eigenvalue weighted by atomic mass is 10.2. The molecule has 2 heterocycles. The van der Waals surface area contributed by atoms with E-state index in [1.807, 2.05) is 0 Å². The quantitative estimate of drug-likeness (QED) is 0.822. The summed E-state index contributed by atoms with van der Waals surface area (Å²) in [7, 11) is 0. The summed E-state index contributed by atoms with van der Waals surface area (Å²) in [4.78, 5) is 14.0. The van der Waals surface area contributed by atoms with Crippen LogP contribution in [0.5, 0.6) is 0 Å². The minimum absolute atomic E-state index is 0.355. The molecule has 106 valence electrons. The maximum Gasteiger partial charge on any atom is 0.357 e. The number of morpholine rings is 1. The number of hydrogen-bond donors (Lipinski definition) is 1. The molecule has 0 atom stereocenters. The molecule has 1 saturated heterocycles. The number of carbonyl (C=O) groups excluding carboxylic acids is 1. The van der Waals surface area contributed by atoms with Gasteiger partial charge in [0.1, 0.15) is 0 Å². The van der Waals surface area contributed by atoms with E-state index in [0.717, 1.165) is 45.0 Å². The fourth-order valence-corrected chi connectivity index (χ4v) is 2.50. The molecule has 0 aromatic carbocycles. The normalized spacial score (nSPS) is 16.5. The van der Waals surface area contributed by atoms with Gasteiger partial charge in [0, 0.05) is 26.1 Å². The molecule has 1 fully saturated rings. The third kappa shape index (κ3) is 3.77. The molecule has 6 nitrogen and oxygen atoms in total. The first kappa shape index (κ1) is 14.5. The molecule has 7 heteroatoms. The van der Waals surface area contributed by atoms with Gasteiger partial charge in [-0.15, -0.1) is 0 Å². The molecule has 0 saturated carbocycles. The monoisotopic (exact) mass is 331 g/mol. The molecule has 1 aromatic heterocycles. The van der Waals surface area contributed by atoms with E-state index in [9.17, 15) is 4.79 Å². The predicted octanol–water partition coefficient (Wildman–Crippen LogP) is 1.22. The van der Waals surface area contributed by atoms with Crippen molar-refractivity contribution in [2.24, 2.45) is 0 Å². The number of carbonyl (C=O) groups is 1. The second-order valence-electron chi connectivity index (χ2n) is 4.28. The van der Waals surface area contributed by atoms with Gasteiger partial charge < -0.3 is 9.47 Å². The minimum Gasteiger partial charge on any atom is -0.461 e. The Morgan fingerprint density at radius 3 is 2.95 bits per heavy atom. The second-order valence-corrected chi connectivity index (χ2v) is 5.08. The van der Waals surface area contributed by atoms with Crippen LogP contribution in [-0.2, 0) is 15.9 Å². The third-order valence-electron chi connectivity index (χ3n) is 3.02. The van der Waals surface area contributed by atoms with Crippen LogP contribution in [0.1, 0.15) is 23.1 Å². The topological polar surface area (TPSA) is 67.5 Å². The maximum absolute atomic E-state index is 11.6. The van der Waals surface area contributed by atoms with Gasteiger partial charge in [-0.1, -0.05) is 0 Å². The molecule has 0 amide bonds. The Hall–Kier alpha value is -0.920. The molecule has 0 aliphatic carbocycles. The van der Waals surface area contributed by atoms with Crippen molar-refractivity contribution in [2.75, 3.05) is 39.5 Å². The van der Waals surface area contributed by atoms with E-state index < -0.39 is 0 Å². The molecule has 1 aliphatic heterocycles. The summed E-state index contributed by atoms with van der Waals surface area (Å²) in [5.41, 5.74) is 1.24. The smallest absolute Gasteiger partial charge is 0.357 e. The third-order valence-corrected chi connectivity index (χ3v) is 3.88. The summed E-state index contributed by atoms with van der Waals surface area (Å²) < 4.78 is 11.0. The van der Waals surface area contributed by atoms with E-state index in [0.29, 0.717) is 16.8 Å². The maximum atomic E-state index is 11.6. The molecule has 2 rings (SSSR count). The summed E-state index contributed by atoms with van der Waals surface area (Å²) in [6.07, 6.45) is 0.788.